The molecule has 0 saturated carbocycles. The van der Waals surface area contributed by atoms with Gasteiger partial charge < -0.3 is 0 Å². The zero-order valence-corrected chi connectivity index (χ0v) is 11.9. The van der Waals surface area contributed by atoms with E-state index in [1.807, 2.05) is 18.7 Å². The van der Waals surface area contributed by atoms with Crippen LogP contribution < -0.4 is 0 Å². The van der Waals surface area contributed by atoms with Gasteiger partial charge in [0.05, 0.1) is 16.4 Å². The third-order valence-electron chi connectivity index (χ3n) is 2.56. The topological polar surface area (TPSA) is 17.8 Å². The van der Waals surface area contributed by atoms with Crippen LogP contribution in [0.15, 0.2) is 0 Å². The maximum Gasteiger partial charge on any atom is 0.0846 e. The Bertz CT molecular complexity index is 323. The molecule has 0 aliphatic carbocycles. The summed E-state index contributed by atoms with van der Waals surface area (Å²) in [5.41, 5.74) is 2.07. The number of nitrogens with zero attached hydrogens (tertiary/aromatic N) is 2. The Morgan fingerprint density at radius 3 is 2.60 bits per heavy atom. The molecule has 2 nitrogen and oxygen atoms in total. The van der Waals surface area contributed by atoms with E-state index < -0.39 is 0 Å². The number of aryl methyl sites for hydroxylation is 2. The fraction of sp³-hybridized carbons (Fsp3) is 0.727. The summed E-state index contributed by atoms with van der Waals surface area (Å²) in [6, 6.07) is 0. The maximum absolute atomic E-state index is 6.18. The Balaban J connectivity index is 2.57. The minimum atomic E-state index is 0.591. The molecule has 15 heavy (non-hydrogen) atoms. The Labute approximate surface area is 105 Å². The van der Waals surface area contributed by atoms with Crippen molar-refractivity contribution in [3.8, 4) is 0 Å². The average Bonchev–Trinajstić information content (AvgIpc) is 2.40. The van der Waals surface area contributed by atoms with Crippen molar-refractivity contribution in [1.29, 1.82) is 0 Å². The third kappa shape index (κ3) is 3.49. The van der Waals surface area contributed by atoms with Crippen LogP contribution in [0.25, 0.3) is 0 Å². The van der Waals surface area contributed by atoms with Crippen LogP contribution in [0.5, 0.6) is 0 Å². The molecule has 0 amide bonds. The molecule has 1 heterocycles. The van der Waals surface area contributed by atoms with E-state index in [4.69, 9.17) is 11.6 Å². The molecule has 0 aliphatic heterocycles. The van der Waals surface area contributed by atoms with Crippen LogP contribution in [0, 0.1) is 6.92 Å². The van der Waals surface area contributed by atoms with E-state index in [1.54, 1.807) is 0 Å². The van der Waals surface area contributed by atoms with E-state index in [0.717, 1.165) is 29.3 Å². The molecule has 1 aromatic rings. The van der Waals surface area contributed by atoms with Crippen molar-refractivity contribution >= 4 is 27.5 Å². The minimum absolute atomic E-state index is 0.591. The second kappa shape index (κ2) is 5.90. The van der Waals surface area contributed by atoms with Gasteiger partial charge in [0.1, 0.15) is 0 Å². The van der Waals surface area contributed by atoms with Crippen LogP contribution in [0.1, 0.15) is 37.6 Å². The predicted molar refractivity (Wildman–Crippen MR) is 68.9 cm³/mol. The summed E-state index contributed by atoms with van der Waals surface area (Å²) in [6.07, 6.45) is 4.54. The highest BCUT2D eigenvalue weighted by atomic mass is 79.9. The van der Waals surface area contributed by atoms with Gasteiger partial charge in [0, 0.05) is 11.9 Å². The summed E-state index contributed by atoms with van der Waals surface area (Å²) in [4.78, 5) is 0.591. The molecule has 0 aliphatic rings. The van der Waals surface area contributed by atoms with Gasteiger partial charge >= 0.3 is 0 Å². The lowest BCUT2D eigenvalue weighted by molar-refractivity contribution is 0.645. The third-order valence-corrected chi connectivity index (χ3v) is 3.97. The SMILES string of the molecule is CCCC(Br)CCc1c(Cl)c(C)nn1C. The van der Waals surface area contributed by atoms with Gasteiger partial charge in [-0.05, 0) is 26.2 Å². The number of alkyl halides is 1. The molecule has 0 aromatic carbocycles. The normalized spacial score (nSPS) is 13.1. The van der Waals surface area contributed by atoms with E-state index in [-0.39, 0.29) is 0 Å². The quantitative estimate of drug-likeness (QED) is 0.753. The van der Waals surface area contributed by atoms with Crippen molar-refractivity contribution in [2.75, 3.05) is 0 Å². The lowest BCUT2D eigenvalue weighted by Gasteiger charge is -2.08. The molecule has 1 atom stereocenters. The highest BCUT2D eigenvalue weighted by Crippen LogP contribution is 2.23. The van der Waals surface area contributed by atoms with Gasteiger partial charge in [0.2, 0.25) is 0 Å². The first-order chi connectivity index (χ1) is 7.06. The first-order valence-electron chi connectivity index (χ1n) is 5.38. The maximum atomic E-state index is 6.18. The summed E-state index contributed by atoms with van der Waals surface area (Å²) in [5, 5.41) is 5.13. The fourth-order valence-electron chi connectivity index (χ4n) is 1.70. The Kier molecular flexibility index (Phi) is 5.13. The van der Waals surface area contributed by atoms with Crippen LogP contribution in [0.3, 0.4) is 0 Å². The number of hydrogen-bond donors (Lipinski definition) is 0. The molecule has 1 rings (SSSR count). The molecular weight excluding hydrogens is 275 g/mol. The van der Waals surface area contributed by atoms with Crippen LogP contribution in [-0.2, 0) is 13.5 Å². The van der Waals surface area contributed by atoms with Crippen LogP contribution in [-0.4, -0.2) is 14.6 Å². The van der Waals surface area contributed by atoms with Crippen LogP contribution in [0.4, 0.5) is 0 Å². The lowest BCUT2D eigenvalue weighted by Crippen LogP contribution is -2.04. The summed E-state index contributed by atoms with van der Waals surface area (Å²) in [7, 11) is 1.96. The molecule has 86 valence electrons. The number of halogens is 2. The van der Waals surface area contributed by atoms with E-state index in [9.17, 15) is 0 Å². The predicted octanol–water partition coefficient (Wildman–Crippen LogP) is 3.88. The molecule has 0 bridgehead atoms. The summed E-state index contributed by atoms with van der Waals surface area (Å²) < 4.78 is 1.89. The fourth-order valence-corrected chi connectivity index (χ4v) is 2.64. The second-order valence-electron chi connectivity index (χ2n) is 3.89. The highest BCUT2D eigenvalue weighted by molar-refractivity contribution is 9.09. The van der Waals surface area contributed by atoms with E-state index in [2.05, 4.69) is 28.0 Å². The van der Waals surface area contributed by atoms with Gasteiger partial charge in [-0.25, -0.2) is 0 Å². The zero-order valence-electron chi connectivity index (χ0n) is 9.56. The summed E-state index contributed by atoms with van der Waals surface area (Å²) in [6.45, 7) is 4.15. The van der Waals surface area contributed by atoms with Gasteiger partial charge in [-0.2, -0.15) is 5.10 Å². The highest BCUT2D eigenvalue weighted by Gasteiger charge is 2.12. The Morgan fingerprint density at radius 2 is 2.13 bits per heavy atom. The molecule has 1 unspecified atom stereocenters. The van der Waals surface area contributed by atoms with Crippen molar-refractivity contribution in [3.05, 3.63) is 16.4 Å². The van der Waals surface area contributed by atoms with Crippen molar-refractivity contribution in [2.45, 2.75) is 44.4 Å². The first kappa shape index (κ1) is 13.0. The average molecular weight is 294 g/mol. The van der Waals surface area contributed by atoms with Crippen molar-refractivity contribution < 1.29 is 0 Å². The molecule has 0 radical (unpaired) electrons. The number of hydrogen-bond acceptors (Lipinski definition) is 1. The monoisotopic (exact) mass is 292 g/mol. The van der Waals surface area contributed by atoms with Crippen LogP contribution in [0.2, 0.25) is 5.02 Å². The first-order valence-corrected chi connectivity index (χ1v) is 6.67. The van der Waals surface area contributed by atoms with E-state index in [1.165, 1.54) is 12.8 Å². The van der Waals surface area contributed by atoms with Crippen LogP contribution >= 0.6 is 27.5 Å². The van der Waals surface area contributed by atoms with Gasteiger partial charge in [-0.15, -0.1) is 0 Å². The minimum Gasteiger partial charge on any atom is -0.271 e. The molecule has 1 aromatic heterocycles. The standard InChI is InChI=1S/C11H18BrClN2/c1-4-5-9(12)6-7-10-11(13)8(2)14-15(10)3/h9H,4-7H2,1-3H3. The smallest absolute Gasteiger partial charge is 0.0846 e. The van der Waals surface area contributed by atoms with Gasteiger partial charge in [-0.3, -0.25) is 4.68 Å². The zero-order chi connectivity index (χ0) is 11.4. The molecule has 0 saturated heterocycles. The van der Waals surface area contributed by atoms with Gasteiger partial charge in [0.25, 0.3) is 0 Å². The second-order valence-corrected chi connectivity index (χ2v) is 5.57. The number of aromatic nitrogens is 2. The van der Waals surface area contributed by atoms with Gasteiger partial charge in [0.15, 0.2) is 0 Å². The Hall–Kier alpha value is -0.0200. The summed E-state index contributed by atoms with van der Waals surface area (Å²) in [5.74, 6) is 0. The van der Waals surface area contributed by atoms with E-state index in [0.29, 0.717) is 4.83 Å². The van der Waals surface area contributed by atoms with Gasteiger partial charge in [-0.1, -0.05) is 40.9 Å². The summed E-state index contributed by atoms with van der Waals surface area (Å²) >= 11 is 9.85. The Morgan fingerprint density at radius 1 is 1.47 bits per heavy atom. The molecule has 4 heteroatoms. The molecule has 0 N–H and O–H groups in total. The lowest BCUT2D eigenvalue weighted by atomic mass is 10.1. The van der Waals surface area contributed by atoms with Crippen molar-refractivity contribution in [3.63, 3.8) is 0 Å². The molecule has 0 fully saturated rings. The van der Waals surface area contributed by atoms with E-state index >= 15 is 0 Å². The van der Waals surface area contributed by atoms with Crippen molar-refractivity contribution in [1.82, 2.24) is 9.78 Å². The molecular formula is C11H18BrClN2. The van der Waals surface area contributed by atoms with Crippen molar-refractivity contribution in [2.24, 2.45) is 7.05 Å². The largest absolute Gasteiger partial charge is 0.271 e. The number of rotatable bonds is 5. The molecule has 0 spiro atoms.